The molecular formula is C14H17N3O2. The van der Waals surface area contributed by atoms with Gasteiger partial charge in [-0.1, -0.05) is 11.6 Å². The van der Waals surface area contributed by atoms with Crippen LogP contribution in [0.2, 0.25) is 0 Å². The van der Waals surface area contributed by atoms with E-state index in [0.29, 0.717) is 11.3 Å². The highest BCUT2D eigenvalue weighted by Crippen LogP contribution is 2.18. The Morgan fingerprint density at radius 3 is 2.95 bits per heavy atom. The van der Waals surface area contributed by atoms with Gasteiger partial charge in [0.15, 0.2) is 0 Å². The van der Waals surface area contributed by atoms with Gasteiger partial charge in [-0.15, -0.1) is 0 Å². The van der Waals surface area contributed by atoms with Gasteiger partial charge in [0.1, 0.15) is 0 Å². The van der Waals surface area contributed by atoms with E-state index in [1.54, 1.807) is 18.6 Å². The normalized spacial score (nSPS) is 12.1. The first-order chi connectivity index (χ1) is 9.06. The Bertz CT molecular complexity index is 564. The lowest BCUT2D eigenvalue weighted by molar-refractivity contribution is 0.0698. The number of aromatic carboxylic acids is 1. The van der Waals surface area contributed by atoms with Crippen molar-refractivity contribution in [2.45, 2.75) is 26.4 Å². The van der Waals surface area contributed by atoms with Crippen LogP contribution in [0.4, 0.5) is 5.69 Å². The predicted molar refractivity (Wildman–Crippen MR) is 73.5 cm³/mol. The number of aryl methyl sites for hydroxylation is 1. The molecule has 0 aliphatic carbocycles. The van der Waals surface area contributed by atoms with Gasteiger partial charge in [0.2, 0.25) is 0 Å². The number of nitrogens with zero attached hydrogens (tertiary/aromatic N) is 2. The maximum atomic E-state index is 11.2. The lowest BCUT2D eigenvalue weighted by Crippen LogP contribution is -2.22. The van der Waals surface area contributed by atoms with Gasteiger partial charge < -0.3 is 15.0 Å². The van der Waals surface area contributed by atoms with Crippen LogP contribution in [0, 0.1) is 6.92 Å². The van der Waals surface area contributed by atoms with E-state index >= 15 is 0 Å². The second-order valence-corrected chi connectivity index (χ2v) is 4.66. The molecule has 1 atom stereocenters. The number of carboxylic acids is 1. The maximum Gasteiger partial charge on any atom is 0.337 e. The van der Waals surface area contributed by atoms with Crippen molar-refractivity contribution in [1.29, 1.82) is 0 Å². The lowest BCUT2D eigenvalue weighted by atomic mass is 10.1. The molecular weight excluding hydrogens is 242 g/mol. The van der Waals surface area contributed by atoms with Crippen molar-refractivity contribution in [2.75, 3.05) is 5.32 Å². The first kappa shape index (κ1) is 13.1. The van der Waals surface area contributed by atoms with Crippen molar-refractivity contribution in [3.8, 4) is 0 Å². The van der Waals surface area contributed by atoms with Crippen LogP contribution in [0.15, 0.2) is 36.9 Å². The summed E-state index contributed by atoms with van der Waals surface area (Å²) in [5.74, 6) is -0.916. The molecule has 0 bridgehead atoms. The number of hydrogen-bond acceptors (Lipinski definition) is 3. The second kappa shape index (κ2) is 5.56. The zero-order chi connectivity index (χ0) is 13.8. The summed E-state index contributed by atoms with van der Waals surface area (Å²) in [5.41, 5.74) is 1.88. The molecule has 100 valence electrons. The van der Waals surface area contributed by atoms with E-state index in [0.717, 1.165) is 12.1 Å². The predicted octanol–water partition coefficient (Wildman–Crippen LogP) is 2.39. The van der Waals surface area contributed by atoms with Crippen LogP contribution >= 0.6 is 0 Å². The second-order valence-electron chi connectivity index (χ2n) is 4.66. The molecule has 0 spiro atoms. The minimum atomic E-state index is -0.916. The zero-order valence-corrected chi connectivity index (χ0v) is 11.0. The van der Waals surface area contributed by atoms with Gasteiger partial charge >= 0.3 is 5.97 Å². The SMILES string of the molecule is Cc1ccc(NC(C)Cn2ccnc2)c(C(=O)O)c1. The molecule has 1 heterocycles. The summed E-state index contributed by atoms with van der Waals surface area (Å²) in [6.45, 7) is 4.61. The topological polar surface area (TPSA) is 67.2 Å². The fraction of sp³-hybridized carbons (Fsp3) is 0.286. The Kier molecular flexibility index (Phi) is 3.85. The largest absolute Gasteiger partial charge is 0.478 e. The fourth-order valence-electron chi connectivity index (χ4n) is 1.98. The molecule has 5 nitrogen and oxygen atoms in total. The van der Waals surface area contributed by atoms with E-state index in [1.165, 1.54) is 0 Å². The monoisotopic (exact) mass is 259 g/mol. The summed E-state index contributed by atoms with van der Waals surface area (Å²) in [6, 6.07) is 5.49. The van der Waals surface area contributed by atoms with Crippen LogP contribution in [0.3, 0.4) is 0 Å². The summed E-state index contributed by atoms with van der Waals surface area (Å²) in [6.07, 6.45) is 5.35. The first-order valence-electron chi connectivity index (χ1n) is 6.12. The molecule has 0 amide bonds. The standard InChI is InChI=1S/C14H17N3O2/c1-10-3-4-13(12(7-10)14(18)19)16-11(2)8-17-6-5-15-9-17/h3-7,9,11,16H,8H2,1-2H3,(H,18,19). The summed E-state index contributed by atoms with van der Waals surface area (Å²) < 4.78 is 1.95. The Morgan fingerprint density at radius 1 is 1.53 bits per heavy atom. The molecule has 1 aromatic heterocycles. The maximum absolute atomic E-state index is 11.2. The number of aromatic nitrogens is 2. The zero-order valence-electron chi connectivity index (χ0n) is 11.0. The van der Waals surface area contributed by atoms with Gasteiger partial charge in [0.25, 0.3) is 0 Å². The molecule has 1 unspecified atom stereocenters. The Labute approximate surface area is 111 Å². The number of anilines is 1. The minimum Gasteiger partial charge on any atom is -0.478 e. The van der Waals surface area contributed by atoms with Gasteiger partial charge in [-0.25, -0.2) is 9.78 Å². The van der Waals surface area contributed by atoms with Crippen LogP contribution in [-0.4, -0.2) is 26.7 Å². The summed E-state index contributed by atoms with van der Waals surface area (Å²) in [5, 5.41) is 12.4. The molecule has 0 saturated carbocycles. The van der Waals surface area contributed by atoms with Crippen molar-refractivity contribution in [3.05, 3.63) is 48.0 Å². The molecule has 0 radical (unpaired) electrons. The molecule has 2 N–H and O–H groups in total. The van der Waals surface area contributed by atoms with E-state index in [2.05, 4.69) is 10.3 Å². The Balaban J connectivity index is 2.12. The van der Waals surface area contributed by atoms with Crippen LogP contribution in [-0.2, 0) is 6.54 Å². The molecule has 0 aliphatic heterocycles. The molecule has 0 aliphatic rings. The van der Waals surface area contributed by atoms with Gasteiger partial charge in [-0.2, -0.15) is 0 Å². The third kappa shape index (κ3) is 3.34. The summed E-state index contributed by atoms with van der Waals surface area (Å²) in [4.78, 5) is 15.2. The molecule has 5 heteroatoms. The van der Waals surface area contributed by atoms with Crippen LogP contribution in [0.25, 0.3) is 0 Å². The molecule has 19 heavy (non-hydrogen) atoms. The van der Waals surface area contributed by atoms with E-state index in [1.807, 2.05) is 36.7 Å². The average Bonchev–Trinajstić information content (AvgIpc) is 2.83. The lowest BCUT2D eigenvalue weighted by Gasteiger charge is -2.17. The number of carbonyl (C=O) groups is 1. The minimum absolute atomic E-state index is 0.106. The fourth-order valence-corrected chi connectivity index (χ4v) is 1.98. The molecule has 2 aromatic rings. The number of imidazole rings is 1. The van der Waals surface area contributed by atoms with Gasteiger partial charge in [0, 0.05) is 30.7 Å². The highest BCUT2D eigenvalue weighted by atomic mass is 16.4. The third-order valence-electron chi connectivity index (χ3n) is 2.85. The van der Waals surface area contributed by atoms with Crippen molar-refractivity contribution in [1.82, 2.24) is 9.55 Å². The number of benzene rings is 1. The van der Waals surface area contributed by atoms with Crippen molar-refractivity contribution in [3.63, 3.8) is 0 Å². The average molecular weight is 259 g/mol. The van der Waals surface area contributed by atoms with E-state index in [9.17, 15) is 9.90 Å². The Hall–Kier alpha value is -2.30. The third-order valence-corrected chi connectivity index (χ3v) is 2.85. The summed E-state index contributed by atoms with van der Waals surface area (Å²) in [7, 11) is 0. The number of nitrogens with one attached hydrogen (secondary N) is 1. The molecule has 0 fully saturated rings. The number of hydrogen-bond donors (Lipinski definition) is 2. The van der Waals surface area contributed by atoms with Crippen molar-refractivity contribution in [2.24, 2.45) is 0 Å². The van der Waals surface area contributed by atoms with E-state index in [-0.39, 0.29) is 6.04 Å². The number of carboxylic acid groups (broad SMARTS) is 1. The van der Waals surface area contributed by atoms with E-state index < -0.39 is 5.97 Å². The molecule has 2 rings (SSSR count). The van der Waals surface area contributed by atoms with Crippen LogP contribution in [0.5, 0.6) is 0 Å². The van der Waals surface area contributed by atoms with Crippen molar-refractivity contribution < 1.29 is 9.90 Å². The highest BCUT2D eigenvalue weighted by molar-refractivity contribution is 5.94. The van der Waals surface area contributed by atoms with E-state index in [4.69, 9.17) is 0 Å². The number of rotatable bonds is 5. The summed E-state index contributed by atoms with van der Waals surface area (Å²) >= 11 is 0. The van der Waals surface area contributed by atoms with Gasteiger partial charge in [0.05, 0.1) is 11.9 Å². The van der Waals surface area contributed by atoms with Gasteiger partial charge in [-0.3, -0.25) is 0 Å². The Morgan fingerprint density at radius 2 is 2.32 bits per heavy atom. The smallest absolute Gasteiger partial charge is 0.337 e. The molecule has 1 aromatic carbocycles. The van der Waals surface area contributed by atoms with Crippen LogP contribution in [0.1, 0.15) is 22.8 Å². The van der Waals surface area contributed by atoms with Gasteiger partial charge in [-0.05, 0) is 26.0 Å². The highest BCUT2D eigenvalue weighted by Gasteiger charge is 2.12. The first-order valence-corrected chi connectivity index (χ1v) is 6.12. The quantitative estimate of drug-likeness (QED) is 0.865. The molecule has 0 saturated heterocycles. The van der Waals surface area contributed by atoms with Crippen LogP contribution < -0.4 is 5.32 Å². The van der Waals surface area contributed by atoms with Crippen molar-refractivity contribution >= 4 is 11.7 Å².